The van der Waals surface area contributed by atoms with Crippen LogP contribution in [0, 0.1) is 5.82 Å². The van der Waals surface area contributed by atoms with E-state index in [1.807, 2.05) is 0 Å². The number of alkyl carbamates (subject to hydrolysis) is 1. The highest BCUT2D eigenvalue weighted by atomic mass is 32.2. The van der Waals surface area contributed by atoms with Crippen LogP contribution in [0.25, 0.3) is 0 Å². The van der Waals surface area contributed by atoms with E-state index in [1.165, 1.54) is 11.0 Å². The van der Waals surface area contributed by atoms with Gasteiger partial charge in [0.1, 0.15) is 35.6 Å². The number of ether oxygens (including phenoxy) is 2. The summed E-state index contributed by atoms with van der Waals surface area (Å²) in [5, 5.41) is 4.39. The molecule has 2 heterocycles. The smallest absolute Gasteiger partial charge is 0.410 e. The first kappa shape index (κ1) is 34.1. The van der Waals surface area contributed by atoms with Gasteiger partial charge in [-0.3, -0.25) is 24.0 Å². The van der Waals surface area contributed by atoms with Gasteiger partial charge in [-0.2, -0.15) is 0 Å². The maximum Gasteiger partial charge on any atom is 0.410 e. The summed E-state index contributed by atoms with van der Waals surface area (Å²) < 4.78 is 52.4. The molecule has 1 saturated heterocycles. The third-order valence-corrected chi connectivity index (χ3v) is 10.4. The van der Waals surface area contributed by atoms with Gasteiger partial charge < -0.3 is 25.0 Å². The van der Waals surface area contributed by atoms with E-state index in [9.17, 15) is 36.8 Å². The molecule has 3 fully saturated rings. The van der Waals surface area contributed by atoms with Crippen LogP contribution in [0.1, 0.15) is 70.4 Å². The number of likely N-dealkylation sites (tertiary alicyclic amines) is 1. The van der Waals surface area contributed by atoms with Crippen LogP contribution in [0.2, 0.25) is 0 Å². The fourth-order valence-electron chi connectivity index (χ4n) is 6.06. The number of carbonyl (C=O) groups excluding carboxylic acids is 5. The summed E-state index contributed by atoms with van der Waals surface area (Å²) in [4.78, 5) is 68.4. The third kappa shape index (κ3) is 7.85. The number of nitrogens with one attached hydrogen (secondary N) is 3. The Bertz CT molecular complexity index is 1610. The summed E-state index contributed by atoms with van der Waals surface area (Å²) in [6.07, 6.45) is -1.41. The molecule has 0 bridgehead atoms. The molecule has 0 radical (unpaired) electrons. The molecule has 2 aliphatic carbocycles. The van der Waals surface area contributed by atoms with Gasteiger partial charge in [-0.25, -0.2) is 22.4 Å². The summed E-state index contributed by atoms with van der Waals surface area (Å²) in [6.45, 7) is 8.23. The molecule has 2 saturated carbocycles. The van der Waals surface area contributed by atoms with Gasteiger partial charge in [0.05, 0.1) is 18.3 Å². The van der Waals surface area contributed by atoms with E-state index >= 15 is 0 Å². The summed E-state index contributed by atoms with van der Waals surface area (Å²) in [7, 11) is -3.92. The Morgan fingerprint density at radius 3 is 2.47 bits per heavy atom. The SMILES string of the molecule is C=C1CC[C@](NC(=O)[C@@H]2C[C@@H](OC(=O)N3Cc4cccc(F)c4C3)CN2C(=O)CNC(=O)OC(C)(C)C)(C(=O)NS(=O)(=O)C2CC2)C1. The fraction of sp³-hybridized carbons (Fsp3) is 0.581. The Balaban J connectivity index is 1.31. The van der Waals surface area contributed by atoms with Crippen LogP contribution in [-0.2, 0) is 47.0 Å². The van der Waals surface area contributed by atoms with Gasteiger partial charge in [0.25, 0.3) is 5.91 Å². The van der Waals surface area contributed by atoms with E-state index in [-0.39, 0.29) is 38.9 Å². The molecule has 256 valence electrons. The second-order valence-corrected chi connectivity index (χ2v) is 15.5. The van der Waals surface area contributed by atoms with E-state index in [4.69, 9.17) is 9.47 Å². The number of hydrogen-bond donors (Lipinski definition) is 3. The molecule has 0 spiro atoms. The number of rotatable bonds is 8. The first-order chi connectivity index (χ1) is 22.0. The summed E-state index contributed by atoms with van der Waals surface area (Å²) in [5.41, 5.74) is -0.794. The molecule has 3 N–H and O–H groups in total. The zero-order valence-corrected chi connectivity index (χ0v) is 27.4. The molecule has 1 aromatic carbocycles. The lowest BCUT2D eigenvalue weighted by atomic mass is 9.95. The predicted molar refractivity (Wildman–Crippen MR) is 164 cm³/mol. The normalized spacial score (nSPS) is 24.0. The van der Waals surface area contributed by atoms with Gasteiger partial charge in [-0.15, -0.1) is 0 Å². The number of halogens is 1. The summed E-state index contributed by atoms with van der Waals surface area (Å²) >= 11 is 0. The van der Waals surface area contributed by atoms with E-state index in [0.29, 0.717) is 36.0 Å². The average molecular weight is 678 g/mol. The summed E-state index contributed by atoms with van der Waals surface area (Å²) in [6, 6.07) is 3.31. The predicted octanol–water partition coefficient (Wildman–Crippen LogP) is 1.98. The minimum absolute atomic E-state index is 0.00385. The van der Waals surface area contributed by atoms with Crippen LogP contribution < -0.4 is 15.4 Å². The lowest BCUT2D eigenvalue weighted by molar-refractivity contribution is -0.140. The van der Waals surface area contributed by atoms with Crippen molar-refractivity contribution in [2.45, 2.75) is 101 Å². The van der Waals surface area contributed by atoms with Crippen LogP contribution in [-0.4, -0.2) is 89.8 Å². The molecule has 4 aliphatic rings. The Labute approximate surface area is 272 Å². The van der Waals surface area contributed by atoms with Crippen LogP contribution in [0.4, 0.5) is 14.0 Å². The molecular weight excluding hydrogens is 637 g/mol. The highest BCUT2D eigenvalue weighted by molar-refractivity contribution is 7.91. The van der Waals surface area contributed by atoms with Crippen molar-refractivity contribution in [3.8, 4) is 0 Å². The first-order valence-corrected chi connectivity index (χ1v) is 17.0. The quantitative estimate of drug-likeness (QED) is 0.347. The number of benzene rings is 1. The molecule has 0 unspecified atom stereocenters. The second-order valence-electron chi connectivity index (χ2n) is 13.6. The Morgan fingerprint density at radius 1 is 1.13 bits per heavy atom. The van der Waals surface area contributed by atoms with Crippen molar-refractivity contribution < 1.29 is 46.3 Å². The van der Waals surface area contributed by atoms with E-state index < -0.39 is 80.8 Å². The highest BCUT2D eigenvalue weighted by Crippen LogP contribution is 2.36. The van der Waals surface area contributed by atoms with Gasteiger partial charge in [0.15, 0.2) is 0 Å². The van der Waals surface area contributed by atoms with Crippen molar-refractivity contribution in [3.05, 3.63) is 47.3 Å². The van der Waals surface area contributed by atoms with Crippen LogP contribution >= 0.6 is 0 Å². The second kappa shape index (κ2) is 12.8. The Morgan fingerprint density at radius 2 is 1.85 bits per heavy atom. The van der Waals surface area contributed by atoms with E-state index in [2.05, 4.69) is 21.9 Å². The van der Waals surface area contributed by atoms with Crippen molar-refractivity contribution in [3.63, 3.8) is 0 Å². The molecule has 2 aliphatic heterocycles. The van der Waals surface area contributed by atoms with Gasteiger partial charge in [-0.05, 0) is 58.1 Å². The zero-order valence-electron chi connectivity index (χ0n) is 26.6. The number of sulfonamides is 1. The van der Waals surface area contributed by atoms with Crippen LogP contribution in [0.15, 0.2) is 30.4 Å². The van der Waals surface area contributed by atoms with Crippen molar-refractivity contribution in [1.82, 2.24) is 25.2 Å². The van der Waals surface area contributed by atoms with Gasteiger partial charge >= 0.3 is 12.2 Å². The number of hydrogen-bond acceptors (Lipinski definition) is 9. The van der Waals surface area contributed by atoms with Gasteiger partial charge in [0.2, 0.25) is 21.8 Å². The summed E-state index contributed by atoms with van der Waals surface area (Å²) in [5.74, 6) is -2.78. The van der Waals surface area contributed by atoms with Crippen molar-refractivity contribution in [2.75, 3.05) is 13.1 Å². The van der Waals surface area contributed by atoms with E-state index in [1.54, 1.807) is 32.9 Å². The molecule has 0 aromatic heterocycles. The molecule has 5 rings (SSSR count). The largest absolute Gasteiger partial charge is 0.444 e. The molecule has 14 nitrogen and oxygen atoms in total. The standard InChI is InChI=1S/C31H40FN5O9S/c1-18-10-11-31(13-18,27(40)35-47(43,44)21-8-9-21)34-26(39)24-12-20(16-37(24)25(38)14-33-28(41)46-30(2,3)4)45-29(42)36-15-19-6-5-7-23(32)22(19)17-36/h5-7,20-21,24H,1,8-17H2,2-4H3,(H,33,41)(H,34,39)(H,35,40)/t20-,24+,31-/m1/s1. The lowest BCUT2D eigenvalue weighted by Crippen LogP contribution is -2.61. The molecule has 16 heteroatoms. The Hall–Kier alpha value is -4.21. The lowest BCUT2D eigenvalue weighted by Gasteiger charge is -2.32. The van der Waals surface area contributed by atoms with E-state index in [0.717, 1.165) is 4.90 Å². The zero-order chi connectivity index (χ0) is 34.3. The number of amides is 5. The number of carbonyl (C=O) groups is 5. The molecular formula is C31H40FN5O9S. The minimum atomic E-state index is -3.92. The maximum atomic E-state index is 14.3. The number of fused-ring (bicyclic) bond motifs is 1. The van der Waals surface area contributed by atoms with Crippen molar-refractivity contribution >= 4 is 39.9 Å². The topological polar surface area (TPSA) is 181 Å². The van der Waals surface area contributed by atoms with Crippen molar-refractivity contribution in [2.24, 2.45) is 0 Å². The van der Waals surface area contributed by atoms with Gasteiger partial charge in [-0.1, -0.05) is 24.3 Å². The first-order valence-electron chi connectivity index (χ1n) is 15.5. The van der Waals surface area contributed by atoms with Crippen LogP contribution in [0.3, 0.4) is 0 Å². The van der Waals surface area contributed by atoms with Crippen molar-refractivity contribution in [1.29, 1.82) is 0 Å². The fourth-order valence-corrected chi connectivity index (χ4v) is 7.43. The number of nitrogens with zero attached hydrogens (tertiary/aromatic N) is 2. The highest BCUT2D eigenvalue weighted by Gasteiger charge is 2.50. The molecule has 5 amide bonds. The Kier molecular flexibility index (Phi) is 9.27. The maximum absolute atomic E-state index is 14.3. The minimum Gasteiger partial charge on any atom is -0.444 e. The monoisotopic (exact) mass is 677 g/mol. The van der Waals surface area contributed by atoms with Crippen LogP contribution in [0.5, 0.6) is 0 Å². The molecule has 1 aromatic rings. The average Bonchev–Trinajstić information content (AvgIpc) is 3.44. The third-order valence-electron chi connectivity index (χ3n) is 8.57. The molecule has 47 heavy (non-hydrogen) atoms. The van der Waals surface area contributed by atoms with Gasteiger partial charge in [0, 0.05) is 24.9 Å². The molecule has 3 atom stereocenters.